The van der Waals surface area contributed by atoms with E-state index in [0.717, 1.165) is 19.5 Å². The zero-order chi connectivity index (χ0) is 13.5. The molecular formula is C16H26FN. The molecule has 18 heavy (non-hydrogen) atoms. The van der Waals surface area contributed by atoms with Crippen LogP contribution in [0.15, 0.2) is 24.3 Å². The molecular weight excluding hydrogens is 225 g/mol. The van der Waals surface area contributed by atoms with Crippen molar-refractivity contribution in [1.29, 1.82) is 0 Å². The summed E-state index contributed by atoms with van der Waals surface area (Å²) in [7, 11) is 0. The van der Waals surface area contributed by atoms with Gasteiger partial charge in [0.2, 0.25) is 0 Å². The Morgan fingerprint density at radius 2 is 1.61 bits per heavy atom. The summed E-state index contributed by atoms with van der Waals surface area (Å²) >= 11 is 0. The van der Waals surface area contributed by atoms with Crippen molar-refractivity contribution in [3.05, 3.63) is 35.6 Å². The Balaban J connectivity index is 2.49. The summed E-state index contributed by atoms with van der Waals surface area (Å²) in [4.78, 5) is 0. The second-order valence-corrected chi connectivity index (χ2v) is 5.89. The van der Waals surface area contributed by atoms with Crippen molar-refractivity contribution in [2.45, 2.75) is 34.1 Å². The summed E-state index contributed by atoms with van der Waals surface area (Å²) in [5.74, 6) is 1.77. The van der Waals surface area contributed by atoms with E-state index in [1.165, 1.54) is 5.56 Å². The summed E-state index contributed by atoms with van der Waals surface area (Å²) in [6, 6.07) is 6.89. The molecule has 1 N–H and O–H groups in total. The van der Waals surface area contributed by atoms with Gasteiger partial charge in [-0.25, -0.2) is 4.39 Å². The van der Waals surface area contributed by atoms with E-state index >= 15 is 0 Å². The van der Waals surface area contributed by atoms with Crippen LogP contribution in [0.25, 0.3) is 0 Å². The van der Waals surface area contributed by atoms with Crippen LogP contribution in [0.2, 0.25) is 0 Å². The predicted octanol–water partition coefficient (Wildman–Crippen LogP) is 3.89. The average molecular weight is 251 g/mol. The van der Waals surface area contributed by atoms with Crippen LogP contribution < -0.4 is 5.32 Å². The molecule has 0 heterocycles. The molecule has 102 valence electrons. The third-order valence-corrected chi connectivity index (χ3v) is 3.31. The Kier molecular flexibility index (Phi) is 6.34. The minimum absolute atomic E-state index is 0.155. The standard InChI is InChI=1S/C16H26FN/c1-12(2)10-18-11-15(13(3)4)9-14-5-7-16(17)8-6-14/h5-8,12-13,15,18H,9-11H2,1-4H3. The molecule has 1 aromatic carbocycles. The molecule has 0 amide bonds. The van der Waals surface area contributed by atoms with Gasteiger partial charge in [-0.15, -0.1) is 0 Å². The van der Waals surface area contributed by atoms with Crippen molar-refractivity contribution in [1.82, 2.24) is 5.32 Å². The summed E-state index contributed by atoms with van der Waals surface area (Å²) in [6.45, 7) is 11.0. The van der Waals surface area contributed by atoms with Crippen LogP contribution in [-0.4, -0.2) is 13.1 Å². The van der Waals surface area contributed by atoms with E-state index in [2.05, 4.69) is 33.0 Å². The Hall–Kier alpha value is -0.890. The smallest absolute Gasteiger partial charge is 0.123 e. The largest absolute Gasteiger partial charge is 0.316 e. The fourth-order valence-corrected chi connectivity index (χ4v) is 2.02. The molecule has 2 heteroatoms. The van der Waals surface area contributed by atoms with Crippen LogP contribution in [0, 0.1) is 23.6 Å². The second-order valence-electron chi connectivity index (χ2n) is 5.89. The lowest BCUT2D eigenvalue weighted by Gasteiger charge is -2.22. The van der Waals surface area contributed by atoms with E-state index in [0.29, 0.717) is 17.8 Å². The first kappa shape index (κ1) is 15.2. The fourth-order valence-electron chi connectivity index (χ4n) is 2.02. The molecule has 0 aliphatic rings. The Bertz CT molecular complexity index is 329. The highest BCUT2D eigenvalue weighted by atomic mass is 19.1. The van der Waals surface area contributed by atoms with E-state index in [9.17, 15) is 4.39 Å². The molecule has 1 unspecified atom stereocenters. The van der Waals surface area contributed by atoms with Crippen LogP contribution in [0.3, 0.4) is 0 Å². The molecule has 0 aromatic heterocycles. The average Bonchev–Trinajstić information content (AvgIpc) is 2.30. The molecule has 0 bridgehead atoms. The van der Waals surface area contributed by atoms with Gasteiger partial charge in [-0.1, -0.05) is 39.8 Å². The van der Waals surface area contributed by atoms with Gasteiger partial charge in [-0.3, -0.25) is 0 Å². The van der Waals surface area contributed by atoms with E-state index in [1.54, 1.807) is 12.1 Å². The van der Waals surface area contributed by atoms with Crippen LogP contribution >= 0.6 is 0 Å². The molecule has 1 rings (SSSR count). The summed E-state index contributed by atoms with van der Waals surface area (Å²) in [5.41, 5.74) is 1.22. The van der Waals surface area contributed by atoms with Crippen molar-refractivity contribution >= 4 is 0 Å². The lowest BCUT2D eigenvalue weighted by atomic mass is 9.89. The number of rotatable bonds is 7. The first-order chi connectivity index (χ1) is 8.49. The molecule has 0 saturated carbocycles. The van der Waals surface area contributed by atoms with Gasteiger partial charge in [0.05, 0.1) is 0 Å². The topological polar surface area (TPSA) is 12.0 Å². The van der Waals surface area contributed by atoms with E-state index in [1.807, 2.05) is 12.1 Å². The van der Waals surface area contributed by atoms with Gasteiger partial charge >= 0.3 is 0 Å². The first-order valence-electron chi connectivity index (χ1n) is 6.94. The lowest BCUT2D eigenvalue weighted by Crippen LogP contribution is -2.30. The number of nitrogens with one attached hydrogen (secondary N) is 1. The van der Waals surface area contributed by atoms with Gasteiger partial charge in [-0.05, 0) is 55.0 Å². The van der Waals surface area contributed by atoms with Gasteiger partial charge in [0.25, 0.3) is 0 Å². The van der Waals surface area contributed by atoms with Gasteiger partial charge < -0.3 is 5.32 Å². The second kappa shape index (κ2) is 7.52. The maximum atomic E-state index is 12.9. The molecule has 0 radical (unpaired) electrons. The molecule has 1 nitrogen and oxygen atoms in total. The lowest BCUT2D eigenvalue weighted by molar-refractivity contribution is 0.352. The van der Waals surface area contributed by atoms with Crippen LogP contribution in [0.5, 0.6) is 0 Å². The van der Waals surface area contributed by atoms with Crippen molar-refractivity contribution in [2.75, 3.05) is 13.1 Å². The van der Waals surface area contributed by atoms with Gasteiger partial charge in [0.1, 0.15) is 5.82 Å². The maximum Gasteiger partial charge on any atom is 0.123 e. The molecule has 0 aliphatic carbocycles. The van der Waals surface area contributed by atoms with E-state index in [-0.39, 0.29) is 5.82 Å². The monoisotopic (exact) mass is 251 g/mol. The Morgan fingerprint density at radius 3 is 2.11 bits per heavy atom. The third-order valence-electron chi connectivity index (χ3n) is 3.31. The molecule has 0 aliphatic heterocycles. The molecule has 1 aromatic rings. The molecule has 0 fully saturated rings. The van der Waals surface area contributed by atoms with Crippen molar-refractivity contribution in [2.24, 2.45) is 17.8 Å². The van der Waals surface area contributed by atoms with E-state index < -0.39 is 0 Å². The minimum atomic E-state index is -0.155. The zero-order valence-electron chi connectivity index (χ0n) is 12.0. The fraction of sp³-hybridized carbons (Fsp3) is 0.625. The molecule has 0 saturated heterocycles. The van der Waals surface area contributed by atoms with Gasteiger partial charge in [-0.2, -0.15) is 0 Å². The van der Waals surface area contributed by atoms with Crippen molar-refractivity contribution in [3.63, 3.8) is 0 Å². The van der Waals surface area contributed by atoms with Gasteiger partial charge in [0, 0.05) is 0 Å². The highest BCUT2D eigenvalue weighted by Gasteiger charge is 2.14. The first-order valence-corrected chi connectivity index (χ1v) is 6.94. The normalized spacial score (nSPS) is 13.3. The number of halogens is 1. The van der Waals surface area contributed by atoms with E-state index in [4.69, 9.17) is 0 Å². The Morgan fingerprint density at radius 1 is 1.00 bits per heavy atom. The van der Waals surface area contributed by atoms with Crippen LogP contribution in [-0.2, 0) is 6.42 Å². The third kappa shape index (κ3) is 5.63. The number of hydrogen-bond acceptors (Lipinski definition) is 1. The highest BCUT2D eigenvalue weighted by Crippen LogP contribution is 2.17. The summed E-state index contributed by atoms with van der Waals surface area (Å²) in [6.07, 6.45) is 1.02. The maximum absolute atomic E-state index is 12.9. The number of hydrogen-bond donors (Lipinski definition) is 1. The van der Waals surface area contributed by atoms with Crippen LogP contribution in [0.1, 0.15) is 33.3 Å². The quantitative estimate of drug-likeness (QED) is 0.775. The zero-order valence-corrected chi connectivity index (χ0v) is 12.0. The molecule has 0 spiro atoms. The highest BCUT2D eigenvalue weighted by molar-refractivity contribution is 5.16. The summed E-state index contributed by atoms with van der Waals surface area (Å²) in [5, 5.41) is 3.52. The van der Waals surface area contributed by atoms with Gasteiger partial charge in [0.15, 0.2) is 0 Å². The minimum Gasteiger partial charge on any atom is -0.316 e. The Labute approximate surface area is 111 Å². The molecule has 1 atom stereocenters. The van der Waals surface area contributed by atoms with Crippen molar-refractivity contribution in [3.8, 4) is 0 Å². The SMILES string of the molecule is CC(C)CNCC(Cc1ccc(F)cc1)C(C)C. The van der Waals surface area contributed by atoms with Crippen molar-refractivity contribution < 1.29 is 4.39 Å². The number of benzene rings is 1. The van der Waals surface area contributed by atoms with Crippen LogP contribution in [0.4, 0.5) is 4.39 Å². The summed E-state index contributed by atoms with van der Waals surface area (Å²) < 4.78 is 12.9. The predicted molar refractivity (Wildman–Crippen MR) is 76.1 cm³/mol.